The van der Waals surface area contributed by atoms with Crippen LogP contribution in [-0.2, 0) is 4.74 Å². The van der Waals surface area contributed by atoms with E-state index in [2.05, 4.69) is 51.8 Å². The molecule has 0 spiro atoms. The lowest BCUT2D eigenvalue weighted by molar-refractivity contribution is 0.180. The highest BCUT2D eigenvalue weighted by Gasteiger charge is 2.41. The Hall–Kier alpha value is -1.92. The fourth-order valence-electron chi connectivity index (χ4n) is 5.19. The number of aryl methyl sites for hydroxylation is 1. The van der Waals surface area contributed by atoms with Crippen LogP contribution in [0.3, 0.4) is 0 Å². The Balaban J connectivity index is 1.73. The van der Waals surface area contributed by atoms with Crippen molar-refractivity contribution in [2.24, 2.45) is 0 Å². The lowest BCUT2D eigenvalue weighted by Gasteiger charge is -2.28. The monoisotopic (exact) mass is 412 g/mol. The summed E-state index contributed by atoms with van der Waals surface area (Å²) >= 11 is 5.77. The number of pyridine rings is 1. The molecule has 29 heavy (non-hydrogen) atoms. The van der Waals surface area contributed by atoms with Gasteiger partial charge in [-0.25, -0.2) is 0 Å². The number of ether oxygens (including phenoxy) is 1. The van der Waals surface area contributed by atoms with Crippen molar-refractivity contribution in [1.29, 1.82) is 0 Å². The zero-order chi connectivity index (χ0) is 20.4. The summed E-state index contributed by atoms with van der Waals surface area (Å²) in [5.41, 5.74) is 5.15. The van der Waals surface area contributed by atoms with E-state index in [4.69, 9.17) is 17.0 Å². The largest absolute Gasteiger partial charge is 0.385 e. The standard InChI is InChI=1S/C23H32N4OS/c1-16-15-19(17(2)27(16)18-9-4-5-10-18)22-21(20-11-6-7-12-24-20)25-23(29)26(22)13-8-14-28-3/h6-7,11-12,15,18,21-22H,4-5,8-10,13-14H2,1-3H3,(H,25,29)/t21-,22-/m1/s1. The molecule has 0 unspecified atom stereocenters. The lowest BCUT2D eigenvalue weighted by atomic mass is 9.96. The van der Waals surface area contributed by atoms with Crippen LogP contribution in [-0.4, -0.2) is 39.8 Å². The van der Waals surface area contributed by atoms with Gasteiger partial charge in [-0.2, -0.15) is 0 Å². The number of thiocarbonyl (C=S) groups is 1. The van der Waals surface area contributed by atoms with Crippen LogP contribution in [0.15, 0.2) is 30.5 Å². The average molecular weight is 413 g/mol. The summed E-state index contributed by atoms with van der Waals surface area (Å²) in [4.78, 5) is 7.00. The van der Waals surface area contributed by atoms with Crippen molar-refractivity contribution in [3.8, 4) is 0 Å². The second-order valence-electron chi connectivity index (χ2n) is 8.30. The first-order chi connectivity index (χ1) is 14.1. The van der Waals surface area contributed by atoms with Crippen molar-refractivity contribution >= 4 is 17.3 Å². The smallest absolute Gasteiger partial charge is 0.170 e. The maximum Gasteiger partial charge on any atom is 0.170 e. The molecule has 3 heterocycles. The van der Waals surface area contributed by atoms with Crippen molar-refractivity contribution in [2.75, 3.05) is 20.3 Å². The first-order valence-electron chi connectivity index (χ1n) is 10.8. The molecule has 4 rings (SSSR count). The molecule has 2 atom stereocenters. The van der Waals surface area contributed by atoms with E-state index in [0.29, 0.717) is 6.04 Å². The van der Waals surface area contributed by atoms with Crippen molar-refractivity contribution in [3.05, 3.63) is 53.1 Å². The van der Waals surface area contributed by atoms with Crippen molar-refractivity contribution < 1.29 is 4.74 Å². The van der Waals surface area contributed by atoms with Crippen LogP contribution in [0.1, 0.15) is 72.9 Å². The predicted molar refractivity (Wildman–Crippen MR) is 120 cm³/mol. The zero-order valence-corrected chi connectivity index (χ0v) is 18.5. The molecule has 1 saturated carbocycles. The molecule has 1 N–H and O–H groups in total. The van der Waals surface area contributed by atoms with Crippen LogP contribution < -0.4 is 5.32 Å². The van der Waals surface area contributed by atoms with E-state index in [1.807, 2.05) is 12.3 Å². The van der Waals surface area contributed by atoms with E-state index >= 15 is 0 Å². The van der Waals surface area contributed by atoms with Gasteiger partial charge in [0, 0.05) is 43.9 Å². The summed E-state index contributed by atoms with van der Waals surface area (Å²) in [7, 11) is 1.75. The van der Waals surface area contributed by atoms with E-state index in [1.54, 1.807) is 7.11 Å². The molecule has 2 aliphatic rings. The Morgan fingerprint density at radius 2 is 2.03 bits per heavy atom. The normalized spacial score (nSPS) is 22.4. The van der Waals surface area contributed by atoms with Gasteiger partial charge < -0.3 is 19.5 Å². The molecule has 2 aromatic heterocycles. The summed E-state index contributed by atoms with van der Waals surface area (Å²) in [6, 6.07) is 9.35. The average Bonchev–Trinajstić information content (AvgIpc) is 3.42. The molecule has 0 radical (unpaired) electrons. The van der Waals surface area contributed by atoms with Crippen LogP contribution in [0.5, 0.6) is 0 Å². The summed E-state index contributed by atoms with van der Waals surface area (Å²) in [5, 5.41) is 4.38. The van der Waals surface area contributed by atoms with Gasteiger partial charge in [0.2, 0.25) is 0 Å². The van der Waals surface area contributed by atoms with E-state index in [0.717, 1.165) is 30.4 Å². The molecule has 1 aliphatic heterocycles. The number of aromatic nitrogens is 2. The number of hydrogen-bond acceptors (Lipinski definition) is 3. The van der Waals surface area contributed by atoms with Crippen LogP contribution in [0.25, 0.3) is 0 Å². The first-order valence-corrected chi connectivity index (χ1v) is 11.2. The molecule has 0 bridgehead atoms. The molecule has 2 fully saturated rings. The number of rotatable bonds is 7. The van der Waals surface area contributed by atoms with Crippen molar-refractivity contribution in [2.45, 2.75) is 64.1 Å². The Morgan fingerprint density at radius 3 is 2.72 bits per heavy atom. The minimum atomic E-state index is 0.0590. The first kappa shape index (κ1) is 20.4. The molecular formula is C23H32N4OS. The minimum absolute atomic E-state index is 0.0590. The highest BCUT2D eigenvalue weighted by atomic mass is 32.1. The molecule has 0 aromatic carbocycles. The van der Waals surface area contributed by atoms with E-state index in [-0.39, 0.29) is 12.1 Å². The maximum absolute atomic E-state index is 5.77. The fraction of sp³-hybridized carbons (Fsp3) is 0.565. The van der Waals surface area contributed by atoms with Gasteiger partial charge in [-0.05, 0) is 69.1 Å². The molecule has 2 aromatic rings. The molecule has 156 valence electrons. The van der Waals surface area contributed by atoms with Gasteiger partial charge >= 0.3 is 0 Å². The van der Waals surface area contributed by atoms with Crippen molar-refractivity contribution in [3.63, 3.8) is 0 Å². The summed E-state index contributed by atoms with van der Waals surface area (Å²) in [6.45, 7) is 6.15. The van der Waals surface area contributed by atoms with E-state index in [9.17, 15) is 0 Å². The second-order valence-corrected chi connectivity index (χ2v) is 8.69. The Kier molecular flexibility index (Phi) is 6.20. The second kappa shape index (κ2) is 8.84. The number of hydrogen-bond donors (Lipinski definition) is 1. The fourth-order valence-corrected chi connectivity index (χ4v) is 5.52. The molecule has 1 saturated heterocycles. The van der Waals surface area contributed by atoms with E-state index < -0.39 is 0 Å². The van der Waals surface area contributed by atoms with Gasteiger partial charge in [-0.3, -0.25) is 4.98 Å². The number of nitrogens with one attached hydrogen (secondary N) is 1. The Bertz CT molecular complexity index is 844. The molecule has 6 heteroatoms. The van der Waals surface area contributed by atoms with Gasteiger partial charge in [-0.1, -0.05) is 18.9 Å². The molecule has 0 amide bonds. The highest BCUT2D eigenvalue weighted by Crippen LogP contribution is 2.42. The van der Waals surface area contributed by atoms with Crippen LogP contribution in [0, 0.1) is 13.8 Å². The topological polar surface area (TPSA) is 42.3 Å². The SMILES string of the molecule is COCCCN1C(=S)N[C@H](c2ccccn2)[C@H]1c1cc(C)n(C2CCCC2)c1C. The van der Waals surface area contributed by atoms with Crippen molar-refractivity contribution in [1.82, 2.24) is 19.8 Å². The van der Waals surface area contributed by atoms with Gasteiger partial charge in [0.05, 0.1) is 17.8 Å². The van der Waals surface area contributed by atoms with Gasteiger partial charge in [-0.15, -0.1) is 0 Å². The third-order valence-corrected chi connectivity index (χ3v) is 6.83. The van der Waals surface area contributed by atoms with Crippen LogP contribution >= 0.6 is 12.2 Å². The van der Waals surface area contributed by atoms with Crippen LogP contribution in [0.4, 0.5) is 0 Å². The number of methoxy groups -OCH3 is 1. The molecular weight excluding hydrogens is 380 g/mol. The van der Waals surface area contributed by atoms with Gasteiger partial charge in [0.15, 0.2) is 5.11 Å². The third-order valence-electron chi connectivity index (χ3n) is 6.48. The summed E-state index contributed by atoms with van der Waals surface area (Å²) < 4.78 is 7.87. The quantitative estimate of drug-likeness (QED) is 0.531. The van der Waals surface area contributed by atoms with Gasteiger partial charge in [0.1, 0.15) is 0 Å². The summed E-state index contributed by atoms with van der Waals surface area (Å²) in [5.74, 6) is 0. The predicted octanol–water partition coefficient (Wildman–Crippen LogP) is 4.62. The van der Waals surface area contributed by atoms with E-state index in [1.165, 1.54) is 42.6 Å². The number of nitrogens with zero attached hydrogens (tertiary/aromatic N) is 3. The Morgan fingerprint density at radius 1 is 1.24 bits per heavy atom. The zero-order valence-electron chi connectivity index (χ0n) is 17.7. The highest BCUT2D eigenvalue weighted by molar-refractivity contribution is 7.80. The Labute approximate surface area is 179 Å². The molecule has 1 aliphatic carbocycles. The maximum atomic E-state index is 5.77. The third kappa shape index (κ3) is 3.92. The molecule has 5 nitrogen and oxygen atoms in total. The van der Waals surface area contributed by atoms with Gasteiger partial charge in [0.25, 0.3) is 0 Å². The summed E-state index contributed by atoms with van der Waals surface area (Å²) in [6.07, 6.45) is 8.08. The lowest BCUT2D eigenvalue weighted by Crippen LogP contribution is -2.31. The minimum Gasteiger partial charge on any atom is -0.385 e. The van der Waals surface area contributed by atoms with Crippen LogP contribution in [0.2, 0.25) is 0 Å².